The molecule has 1 aromatic carbocycles. The third-order valence-electron chi connectivity index (χ3n) is 4.94. The molecule has 0 saturated carbocycles. The lowest BCUT2D eigenvalue weighted by molar-refractivity contribution is -0.116. The average Bonchev–Trinajstić information content (AvgIpc) is 2.65. The fraction of sp³-hybridized carbons (Fsp3) is 0.400. The molecule has 142 valence electrons. The quantitative estimate of drug-likeness (QED) is 0.809. The van der Waals surface area contributed by atoms with Crippen molar-refractivity contribution < 1.29 is 14.4 Å². The maximum Gasteiger partial charge on any atom is 0.267 e. The van der Waals surface area contributed by atoms with Gasteiger partial charge in [0.2, 0.25) is 0 Å². The smallest absolute Gasteiger partial charge is 0.267 e. The van der Waals surface area contributed by atoms with E-state index in [2.05, 4.69) is 17.2 Å². The van der Waals surface area contributed by atoms with Gasteiger partial charge in [-0.3, -0.25) is 14.4 Å². The fourth-order valence-corrected chi connectivity index (χ4v) is 3.50. The number of nitrogens with one attached hydrogen (secondary N) is 1. The highest BCUT2D eigenvalue weighted by molar-refractivity contribution is 6.35. The fourth-order valence-electron chi connectivity index (χ4n) is 3.31. The Morgan fingerprint density at radius 3 is 2.74 bits per heavy atom. The van der Waals surface area contributed by atoms with Crippen LogP contribution in [0.5, 0.6) is 0 Å². The van der Waals surface area contributed by atoms with E-state index in [1.165, 1.54) is 12.3 Å². The van der Waals surface area contributed by atoms with Gasteiger partial charge in [-0.15, -0.1) is 11.6 Å². The molecule has 1 N–H and O–H groups in total. The molecule has 2 aliphatic heterocycles. The standard InChI is InChI=1S/C20H22ClN3O3/c1-12-9-14(20(27)24-8-4-3-5-13(24)2)6-7-17(12)23-18(25)15-10-16(21)19(26)22-11-15/h6-7,9-11,13,16H,3-5,8H2,1-2H3,(H,23,25). The minimum atomic E-state index is -0.927. The van der Waals surface area contributed by atoms with E-state index >= 15 is 0 Å². The number of benzene rings is 1. The second-order valence-electron chi connectivity index (χ2n) is 6.95. The van der Waals surface area contributed by atoms with Crippen molar-refractivity contribution in [3.05, 3.63) is 41.0 Å². The Hall–Kier alpha value is -2.47. The highest BCUT2D eigenvalue weighted by Crippen LogP contribution is 2.23. The molecule has 2 heterocycles. The third-order valence-corrected chi connectivity index (χ3v) is 5.25. The molecule has 2 atom stereocenters. The van der Waals surface area contributed by atoms with Gasteiger partial charge in [0.15, 0.2) is 0 Å². The minimum Gasteiger partial charge on any atom is -0.336 e. The van der Waals surface area contributed by atoms with Crippen LogP contribution in [-0.4, -0.2) is 46.8 Å². The summed E-state index contributed by atoms with van der Waals surface area (Å²) < 4.78 is 0. The summed E-state index contributed by atoms with van der Waals surface area (Å²) in [5, 5.41) is 1.85. The first-order chi connectivity index (χ1) is 12.9. The first-order valence-corrected chi connectivity index (χ1v) is 9.47. The van der Waals surface area contributed by atoms with Gasteiger partial charge < -0.3 is 10.2 Å². The molecule has 1 saturated heterocycles. The van der Waals surface area contributed by atoms with Crippen molar-refractivity contribution in [3.63, 3.8) is 0 Å². The van der Waals surface area contributed by atoms with Crippen molar-refractivity contribution in [2.24, 2.45) is 4.99 Å². The van der Waals surface area contributed by atoms with Crippen LogP contribution in [-0.2, 0) is 9.59 Å². The molecule has 1 fully saturated rings. The van der Waals surface area contributed by atoms with Crippen LogP contribution < -0.4 is 5.32 Å². The van der Waals surface area contributed by atoms with Gasteiger partial charge in [-0.2, -0.15) is 0 Å². The van der Waals surface area contributed by atoms with E-state index in [4.69, 9.17) is 11.6 Å². The first-order valence-electron chi connectivity index (χ1n) is 9.03. The van der Waals surface area contributed by atoms with Crippen LogP contribution in [0.1, 0.15) is 42.1 Å². The monoisotopic (exact) mass is 387 g/mol. The summed E-state index contributed by atoms with van der Waals surface area (Å²) in [4.78, 5) is 41.9. The average molecular weight is 388 g/mol. The Balaban J connectivity index is 1.72. The second-order valence-corrected chi connectivity index (χ2v) is 7.42. The van der Waals surface area contributed by atoms with Gasteiger partial charge in [0.05, 0.1) is 5.57 Å². The number of dihydropyridines is 1. The molecule has 0 radical (unpaired) electrons. The van der Waals surface area contributed by atoms with Crippen LogP contribution >= 0.6 is 11.6 Å². The molecule has 0 aliphatic carbocycles. The van der Waals surface area contributed by atoms with Gasteiger partial charge in [0.25, 0.3) is 17.7 Å². The van der Waals surface area contributed by atoms with Crippen molar-refractivity contribution in [2.45, 2.75) is 44.5 Å². The van der Waals surface area contributed by atoms with E-state index in [0.29, 0.717) is 11.3 Å². The molecule has 6 nitrogen and oxygen atoms in total. The molecular formula is C20H22ClN3O3. The molecule has 3 amide bonds. The van der Waals surface area contributed by atoms with Gasteiger partial charge in [0, 0.05) is 30.1 Å². The lowest BCUT2D eigenvalue weighted by Gasteiger charge is -2.33. The number of hydrogen-bond donors (Lipinski definition) is 1. The Kier molecular flexibility index (Phi) is 5.75. The number of nitrogens with zero attached hydrogens (tertiary/aromatic N) is 2. The number of rotatable bonds is 3. The highest BCUT2D eigenvalue weighted by Gasteiger charge is 2.25. The van der Waals surface area contributed by atoms with Crippen LogP contribution in [0.2, 0.25) is 0 Å². The molecule has 7 heteroatoms. The zero-order valence-corrected chi connectivity index (χ0v) is 16.1. The molecule has 0 aromatic heterocycles. The molecule has 0 spiro atoms. The Morgan fingerprint density at radius 2 is 2.07 bits per heavy atom. The SMILES string of the molecule is Cc1cc(C(=O)N2CCCCC2C)ccc1NC(=O)C1=CC(Cl)C(=O)N=C1. The van der Waals surface area contributed by atoms with Crippen molar-refractivity contribution >= 4 is 41.2 Å². The summed E-state index contributed by atoms with van der Waals surface area (Å²) >= 11 is 5.82. The van der Waals surface area contributed by atoms with Crippen molar-refractivity contribution in [2.75, 3.05) is 11.9 Å². The van der Waals surface area contributed by atoms with Crippen LogP contribution in [0.15, 0.2) is 34.8 Å². The highest BCUT2D eigenvalue weighted by atomic mass is 35.5. The number of carbonyl (C=O) groups excluding carboxylic acids is 3. The maximum atomic E-state index is 12.8. The normalized spacial score (nSPS) is 22.4. The topological polar surface area (TPSA) is 78.8 Å². The number of piperidine rings is 1. The predicted molar refractivity (Wildman–Crippen MR) is 105 cm³/mol. The molecule has 3 rings (SSSR count). The maximum absolute atomic E-state index is 12.8. The summed E-state index contributed by atoms with van der Waals surface area (Å²) in [5.74, 6) is -0.864. The van der Waals surface area contributed by atoms with Crippen molar-refractivity contribution in [3.8, 4) is 0 Å². The number of alkyl halides is 1. The number of halogens is 1. The molecule has 27 heavy (non-hydrogen) atoms. The number of carbonyl (C=O) groups is 3. The summed E-state index contributed by atoms with van der Waals surface area (Å²) in [7, 11) is 0. The summed E-state index contributed by atoms with van der Waals surface area (Å²) in [6, 6.07) is 5.48. The van der Waals surface area contributed by atoms with E-state index in [9.17, 15) is 14.4 Å². The van der Waals surface area contributed by atoms with Crippen molar-refractivity contribution in [1.82, 2.24) is 4.90 Å². The second kappa shape index (κ2) is 8.05. The number of hydrogen-bond acceptors (Lipinski definition) is 3. The first kappa shape index (κ1) is 19.3. The van der Waals surface area contributed by atoms with E-state index < -0.39 is 17.2 Å². The van der Waals surface area contributed by atoms with E-state index in [1.54, 1.807) is 18.2 Å². The Morgan fingerprint density at radius 1 is 1.30 bits per heavy atom. The molecule has 2 aliphatic rings. The summed E-state index contributed by atoms with van der Waals surface area (Å²) in [6.45, 7) is 4.69. The molecular weight excluding hydrogens is 366 g/mol. The Bertz CT molecular complexity index is 847. The van der Waals surface area contributed by atoms with Crippen LogP contribution in [0.3, 0.4) is 0 Å². The van der Waals surface area contributed by atoms with Crippen LogP contribution in [0.25, 0.3) is 0 Å². The van der Waals surface area contributed by atoms with Gasteiger partial charge in [-0.25, -0.2) is 4.99 Å². The van der Waals surface area contributed by atoms with Gasteiger partial charge in [-0.05, 0) is 62.9 Å². The number of aryl methyl sites for hydroxylation is 1. The molecule has 2 unspecified atom stereocenters. The molecule has 0 bridgehead atoms. The minimum absolute atomic E-state index is 0.0220. The third kappa shape index (κ3) is 4.27. The van der Waals surface area contributed by atoms with Gasteiger partial charge in [0.1, 0.15) is 5.38 Å². The van der Waals surface area contributed by atoms with Crippen LogP contribution in [0.4, 0.5) is 5.69 Å². The summed E-state index contributed by atoms with van der Waals surface area (Å²) in [5.41, 5.74) is 2.23. The number of aliphatic imine (C=N–C) groups is 1. The number of anilines is 1. The largest absolute Gasteiger partial charge is 0.336 e. The van der Waals surface area contributed by atoms with E-state index in [0.717, 1.165) is 31.4 Å². The molecule has 1 aromatic rings. The lowest BCUT2D eigenvalue weighted by atomic mass is 10.0. The Labute approximate surface area is 163 Å². The zero-order valence-electron chi connectivity index (χ0n) is 15.4. The van der Waals surface area contributed by atoms with Gasteiger partial charge >= 0.3 is 0 Å². The van der Waals surface area contributed by atoms with E-state index in [1.807, 2.05) is 11.8 Å². The number of amides is 3. The summed E-state index contributed by atoms with van der Waals surface area (Å²) in [6.07, 6.45) is 5.80. The van der Waals surface area contributed by atoms with E-state index in [-0.39, 0.29) is 17.5 Å². The van der Waals surface area contributed by atoms with Crippen LogP contribution in [0, 0.1) is 6.92 Å². The van der Waals surface area contributed by atoms with Gasteiger partial charge in [-0.1, -0.05) is 0 Å². The zero-order chi connectivity index (χ0) is 19.6. The number of likely N-dealkylation sites (tertiary alicyclic amines) is 1. The lowest BCUT2D eigenvalue weighted by Crippen LogP contribution is -2.42. The predicted octanol–water partition coefficient (Wildman–Crippen LogP) is 3.09. The van der Waals surface area contributed by atoms with Crippen molar-refractivity contribution in [1.29, 1.82) is 0 Å².